The molecular weight excluding hydrogens is 422 g/mol. The third kappa shape index (κ3) is 4.86. The molecule has 0 radical (unpaired) electrons. The van der Waals surface area contributed by atoms with E-state index < -0.39 is 11.6 Å². The summed E-state index contributed by atoms with van der Waals surface area (Å²) < 4.78 is 37.6. The van der Waals surface area contributed by atoms with Crippen molar-refractivity contribution in [3.63, 3.8) is 0 Å². The van der Waals surface area contributed by atoms with Gasteiger partial charge >= 0.3 is 0 Å². The Morgan fingerprint density at radius 3 is 2.58 bits per heavy atom. The molecule has 4 aromatic rings. The summed E-state index contributed by atoms with van der Waals surface area (Å²) in [5.74, 6) is -1.79. The van der Waals surface area contributed by atoms with Gasteiger partial charge in [0, 0.05) is 30.5 Å². The fourth-order valence-corrected chi connectivity index (χ4v) is 3.41. The predicted molar refractivity (Wildman–Crippen MR) is 115 cm³/mol. The van der Waals surface area contributed by atoms with E-state index in [0.717, 1.165) is 5.56 Å². The predicted octanol–water partition coefficient (Wildman–Crippen LogP) is 4.85. The summed E-state index contributed by atoms with van der Waals surface area (Å²) in [5, 5.41) is 0. The number of nitrogens with zero attached hydrogens (tertiary/aromatic N) is 4. The molecule has 3 heterocycles. The van der Waals surface area contributed by atoms with Crippen molar-refractivity contribution in [3.8, 4) is 22.9 Å². The first-order chi connectivity index (χ1) is 15.1. The monoisotopic (exact) mass is 438 g/mol. The van der Waals surface area contributed by atoms with Gasteiger partial charge in [0.15, 0.2) is 11.6 Å². The van der Waals surface area contributed by atoms with Crippen LogP contribution < -0.4 is 15.2 Å². The van der Waals surface area contributed by atoms with Gasteiger partial charge in [0.2, 0.25) is 17.6 Å². The number of pyridine rings is 2. The number of rotatable bonds is 7. The number of nitrogens with one attached hydrogen (secondary N) is 1. The lowest BCUT2D eigenvalue weighted by molar-refractivity contribution is 0.408. The Morgan fingerprint density at radius 1 is 0.935 bits per heavy atom. The van der Waals surface area contributed by atoms with Crippen molar-refractivity contribution in [1.82, 2.24) is 19.9 Å². The topological polar surface area (TPSA) is 98.8 Å². The first kappa shape index (κ1) is 20.5. The summed E-state index contributed by atoms with van der Waals surface area (Å²) in [4.78, 5) is 16.0. The summed E-state index contributed by atoms with van der Waals surface area (Å²) in [6, 6.07) is 11.4. The summed E-state index contributed by atoms with van der Waals surface area (Å²) in [6.07, 6.45) is 6.30. The number of aromatic nitrogens is 4. The van der Waals surface area contributed by atoms with Gasteiger partial charge in [-0.05, 0) is 60.0 Å². The van der Waals surface area contributed by atoms with Crippen molar-refractivity contribution >= 4 is 23.6 Å². The van der Waals surface area contributed by atoms with Crippen LogP contribution in [0, 0.1) is 11.6 Å². The van der Waals surface area contributed by atoms with Crippen LogP contribution in [0.25, 0.3) is 11.3 Å². The molecule has 1 aromatic carbocycles. The van der Waals surface area contributed by atoms with Gasteiger partial charge < -0.3 is 15.2 Å². The molecule has 7 nitrogen and oxygen atoms in total. The van der Waals surface area contributed by atoms with Crippen molar-refractivity contribution in [2.45, 2.75) is 5.75 Å². The maximum atomic E-state index is 14.7. The van der Waals surface area contributed by atoms with Gasteiger partial charge in [0.1, 0.15) is 0 Å². The number of benzene rings is 1. The summed E-state index contributed by atoms with van der Waals surface area (Å²) in [7, 11) is 0. The van der Waals surface area contributed by atoms with Crippen LogP contribution in [-0.4, -0.2) is 19.9 Å². The van der Waals surface area contributed by atoms with Gasteiger partial charge in [-0.15, -0.1) is 0 Å². The molecule has 0 aliphatic carbocycles. The Balaban J connectivity index is 1.52. The molecule has 0 aliphatic rings. The normalized spacial score (nSPS) is 10.6. The third-order valence-corrected chi connectivity index (χ3v) is 4.99. The zero-order valence-corrected chi connectivity index (χ0v) is 16.8. The zero-order valence-electron chi connectivity index (χ0n) is 16.0. The first-order valence-corrected chi connectivity index (χ1v) is 10.1. The minimum atomic E-state index is -1.13. The molecular formula is C21H16F2N6OS. The SMILES string of the molecule is Nc1nccc(-c2cccnc2Oc2ccc(NSCc3ccncc3)c(F)c2F)n1. The van der Waals surface area contributed by atoms with E-state index in [4.69, 9.17) is 10.5 Å². The number of ether oxygens (including phenoxy) is 1. The number of hydrogen-bond acceptors (Lipinski definition) is 8. The lowest BCUT2D eigenvalue weighted by Gasteiger charge is -2.12. The van der Waals surface area contributed by atoms with Crippen LogP contribution in [0.5, 0.6) is 11.6 Å². The van der Waals surface area contributed by atoms with Crippen molar-refractivity contribution in [1.29, 1.82) is 0 Å². The Labute approximate surface area is 180 Å². The van der Waals surface area contributed by atoms with E-state index in [1.165, 1.54) is 36.5 Å². The highest BCUT2D eigenvalue weighted by Gasteiger charge is 2.18. The maximum Gasteiger partial charge on any atom is 0.228 e. The molecule has 3 aromatic heterocycles. The molecule has 3 N–H and O–H groups in total. The highest BCUT2D eigenvalue weighted by molar-refractivity contribution is 7.99. The number of halogens is 2. The fourth-order valence-electron chi connectivity index (χ4n) is 2.66. The molecule has 0 atom stereocenters. The smallest absolute Gasteiger partial charge is 0.228 e. The number of anilines is 2. The van der Waals surface area contributed by atoms with E-state index in [1.54, 1.807) is 30.6 Å². The molecule has 0 saturated carbocycles. The Bertz CT molecular complexity index is 1200. The molecule has 31 heavy (non-hydrogen) atoms. The van der Waals surface area contributed by atoms with E-state index >= 15 is 0 Å². The van der Waals surface area contributed by atoms with Crippen LogP contribution in [0.2, 0.25) is 0 Å². The Morgan fingerprint density at radius 2 is 1.77 bits per heavy atom. The van der Waals surface area contributed by atoms with Crippen LogP contribution in [0.3, 0.4) is 0 Å². The molecule has 156 valence electrons. The van der Waals surface area contributed by atoms with Crippen molar-refractivity contribution in [2.24, 2.45) is 0 Å². The Kier molecular flexibility index (Phi) is 6.18. The molecule has 0 amide bonds. The maximum absolute atomic E-state index is 14.7. The molecule has 0 bridgehead atoms. The minimum Gasteiger partial charge on any atom is -0.435 e. The van der Waals surface area contributed by atoms with Gasteiger partial charge in [0.05, 0.1) is 16.9 Å². The second-order valence-electron chi connectivity index (χ2n) is 6.24. The number of hydrogen-bond donors (Lipinski definition) is 2. The minimum absolute atomic E-state index is 0.00808. The van der Waals surface area contributed by atoms with Crippen molar-refractivity contribution in [2.75, 3.05) is 10.5 Å². The average molecular weight is 438 g/mol. The highest BCUT2D eigenvalue weighted by atomic mass is 32.2. The van der Waals surface area contributed by atoms with E-state index in [1.807, 2.05) is 12.1 Å². The zero-order chi connectivity index (χ0) is 21.6. The summed E-state index contributed by atoms with van der Waals surface area (Å²) in [5.41, 5.74) is 7.55. The highest BCUT2D eigenvalue weighted by Crippen LogP contribution is 2.34. The van der Waals surface area contributed by atoms with Crippen LogP contribution in [0.4, 0.5) is 20.4 Å². The standard InChI is InChI=1S/C21H16F2N6OS/c22-18-16(29-31-12-13-5-9-25-10-6-13)3-4-17(19(18)23)30-20-14(2-1-8-26-20)15-7-11-27-21(24)28-15/h1-11,29H,12H2,(H2,24,27,28). The third-order valence-electron chi connectivity index (χ3n) is 4.15. The Hall–Kier alpha value is -3.79. The van der Waals surface area contributed by atoms with Crippen molar-refractivity contribution < 1.29 is 13.5 Å². The molecule has 0 fully saturated rings. The van der Waals surface area contributed by atoms with E-state index in [-0.39, 0.29) is 23.3 Å². The van der Waals surface area contributed by atoms with Gasteiger partial charge in [0.25, 0.3) is 0 Å². The van der Waals surface area contributed by atoms with Crippen LogP contribution in [0.1, 0.15) is 5.56 Å². The van der Waals surface area contributed by atoms with E-state index in [2.05, 4.69) is 24.7 Å². The number of nitrogen functional groups attached to an aromatic ring is 1. The molecule has 0 saturated heterocycles. The van der Waals surface area contributed by atoms with Crippen molar-refractivity contribution in [3.05, 3.63) is 84.4 Å². The molecule has 4 rings (SSSR count). The summed E-state index contributed by atoms with van der Waals surface area (Å²) >= 11 is 1.23. The molecule has 10 heteroatoms. The van der Waals surface area contributed by atoms with E-state index in [0.29, 0.717) is 17.0 Å². The number of nitrogens with two attached hydrogens (primary N) is 1. The quantitative estimate of drug-likeness (QED) is 0.395. The second kappa shape index (κ2) is 9.35. The lowest BCUT2D eigenvalue weighted by Crippen LogP contribution is -2.00. The fraction of sp³-hybridized carbons (Fsp3) is 0.0476. The second-order valence-corrected chi connectivity index (χ2v) is 7.03. The first-order valence-electron chi connectivity index (χ1n) is 9.08. The van der Waals surface area contributed by atoms with Gasteiger partial charge in [-0.25, -0.2) is 19.3 Å². The average Bonchev–Trinajstić information content (AvgIpc) is 2.79. The summed E-state index contributed by atoms with van der Waals surface area (Å²) in [6.45, 7) is 0. The lowest BCUT2D eigenvalue weighted by atomic mass is 10.2. The largest absolute Gasteiger partial charge is 0.435 e. The molecule has 0 aliphatic heterocycles. The van der Waals surface area contributed by atoms with Crippen LogP contribution in [-0.2, 0) is 5.75 Å². The van der Waals surface area contributed by atoms with Gasteiger partial charge in [-0.1, -0.05) is 0 Å². The van der Waals surface area contributed by atoms with Gasteiger partial charge in [-0.3, -0.25) is 4.98 Å². The molecule has 0 spiro atoms. The van der Waals surface area contributed by atoms with Gasteiger partial charge in [-0.2, -0.15) is 4.39 Å². The van der Waals surface area contributed by atoms with Crippen LogP contribution >= 0.6 is 11.9 Å². The molecule has 0 unspecified atom stereocenters. The van der Waals surface area contributed by atoms with Crippen LogP contribution in [0.15, 0.2) is 67.3 Å². The van der Waals surface area contributed by atoms with E-state index in [9.17, 15) is 8.78 Å².